The molecule has 0 aliphatic heterocycles. The van der Waals surface area contributed by atoms with Gasteiger partial charge in [-0.1, -0.05) is 37.3 Å². The van der Waals surface area contributed by atoms with Gasteiger partial charge in [-0.15, -0.1) is 0 Å². The number of carbonyl (C=O) groups is 2. The number of hydrogen-bond acceptors (Lipinski definition) is 3. The normalized spacial score (nSPS) is 31.8. The van der Waals surface area contributed by atoms with E-state index in [2.05, 4.69) is 30.4 Å². The first kappa shape index (κ1) is 23.1. The highest BCUT2D eigenvalue weighted by molar-refractivity contribution is 5.92. The van der Waals surface area contributed by atoms with Crippen LogP contribution in [0.2, 0.25) is 0 Å². The van der Waals surface area contributed by atoms with Gasteiger partial charge in [0.15, 0.2) is 0 Å². The molecule has 0 aromatic heterocycles. The van der Waals surface area contributed by atoms with Crippen molar-refractivity contribution in [3.8, 4) is 0 Å². The molecule has 34 heavy (non-hydrogen) atoms. The maximum atomic E-state index is 11.8. The lowest BCUT2D eigenvalue weighted by Crippen LogP contribution is -2.44. The molecule has 2 aromatic rings. The lowest BCUT2D eigenvalue weighted by Gasteiger charge is -2.50. The molecule has 4 N–H and O–H groups in total. The highest BCUT2D eigenvalue weighted by Gasteiger charge is 2.57. The first-order valence-corrected chi connectivity index (χ1v) is 12.7. The number of aliphatic hydroxyl groups is 1. The Kier molecular flexibility index (Phi) is 6.01. The number of nitrogens with two attached hydrogens (primary N) is 1. The number of primary amides is 1. The van der Waals surface area contributed by atoms with E-state index in [1.165, 1.54) is 11.1 Å². The summed E-state index contributed by atoms with van der Waals surface area (Å²) in [5.74, 6) is 1.48. The highest BCUT2D eigenvalue weighted by Crippen LogP contribution is 2.62. The zero-order valence-electron chi connectivity index (χ0n) is 20.2. The first-order chi connectivity index (χ1) is 16.3. The number of nitrogens with one attached hydrogen (secondary N) is 1. The molecule has 5 heteroatoms. The summed E-state index contributed by atoms with van der Waals surface area (Å²) >= 11 is 0. The van der Waals surface area contributed by atoms with Crippen LogP contribution in [0.1, 0.15) is 71.1 Å². The molecule has 3 aliphatic rings. The van der Waals surface area contributed by atoms with Crippen LogP contribution in [0.15, 0.2) is 42.5 Å². The maximum absolute atomic E-state index is 11.8. The fraction of sp³-hybridized carbons (Fsp3) is 0.517. The molecule has 0 heterocycles. The van der Waals surface area contributed by atoms with E-state index in [-0.39, 0.29) is 23.3 Å². The molecule has 2 fully saturated rings. The van der Waals surface area contributed by atoms with Crippen LogP contribution in [0, 0.1) is 23.2 Å². The van der Waals surface area contributed by atoms with E-state index in [0.717, 1.165) is 49.7 Å². The quantitative estimate of drug-likeness (QED) is 0.634. The van der Waals surface area contributed by atoms with Crippen LogP contribution in [0.25, 0.3) is 0 Å². The van der Waals surface area contributed by atoms with E-state index in [4.69, 9.17) is 5.73 Å². The molecule has 0 unspecified atom stereocenters. The zero-order chi connectivity index (χ0) is 24.0. The van der Waals surface area contributed by atoms with E-state index in [1.54, 1.807) is 13.1 Å². The Morgan fingerprint density at radius 2 is 1.97 bits per heavy atom. The minimum Gasteiger partial charge on any atom is -0.392 e. The van der Waals surface area contributed by atoms with Gasteiger partial charge in [0.25, 0.3) is 0 Å². The van der Waals surface area contributed by atoms with Gasteiger partial charge in [0.2, 0.25) is 11.8 Å². The van der Waals surface area contributed by atoms with Crippen LogP contribution in [-0.4, -0.2) is 30.1 Å². The van der Waals surface area contributed by atoms with Crippen molar-refractivity contribution in [2.75, 3.05) is 7.05 Å². The molecular formula is C29H36N2O3. The lowest BCUT2D eigenvalue weighted by atomic mass is 9.55. The predicted molar refractivity (Wildman–Crippen MR) is 132 cm³/mol. The number of fused-ring (bicyclic) bond motifs is 5. The van der Waals surface area contributed by atoms with Crippen molar-refractivity contribution in [3.63, 3.8) is 0 Å². The van der Waals surface area contributed by atoms with Gasteiger partial charge in [-0.25, -0.2) is 0 Å². The fourth-order valence-corrected chi connectivity index (χ4v) is 7.52. The molecule has 0 radical (unpaired) electrons. The number of amides is 2. The summed E-state index contributed by atoms with van der Waals surface area (Å²) in [5.41, 5.74) is 11.0. The third kappa shape index (κ3) is 3.94. The van der Waals surface area contributed by atoms with E-state index < -0.39 is 5.91 Å². The number of hydrogen-bond donors (Lipinski definition) is 3. The Hall–Kier alpha value is -2.66. The van der Waals surface area contributed by atoms with Crippen molar-refractivity contribution >= 4 is 11.8 Å². The number of carbonyl (C=O) groups excluding carboxylic acids is 2. The standard InChI is InChI=1S/C29H36N2O3/c1-29-11-10-23-22-8-6-18(15-26(32)31-2)12-19(22)7-9-24(23)25(29)16-21(27(29)33)14-17-4-3-5-20(13-17)28(30)34/h3-6,8,12-13,21,23-25,27,33H,7,9-11,14-16H2,1-2H3,(H2,30,34)(H,31,32)/t21-,23+,24+,25-,27-,29-/m0/s1. The summed E-state index contributed by atoms with van der Waals surface area (Å²) in [6.07, 6.45) is 6.27. The summed E-state index contributed by atoms with van der Waals surface area (Å²) < 4.78 is 0. The molecular weight excluding hydrogens is 424 g/mol. The molecule has 180 valence electrons. The third-order valence-electron chi connectivity index (χ3n) is 9.26. The SMILES string of the molecule is CNC(=O)Cc1ccc2c(c1)CC[C@@H]1[C@@H]2CC[C@]2(C)[C@@H](O)[C@@H](Cc3cccc(C(N)=O)c3)C[C@@H]12. The molecule has 2 amide bonds. The first-order valence-electron chi connectivity index (χ1n) is 12.7. The molecule has 2 saturated carbocycles. The van der Waals surface area contributed by atoms with E-state index >= 15 is 0 Å². The minimum absolute atomic E-state index is 0.0504. The molecule has 5 rings (SSSR count). The summed E-state index contributed by atoms with van der Waals surface area (Å²) in [5, 5.41) is 14.2. The average Bonchev–Trinajstić information content (AvgIpc) is 3.09. The van der Waals surface area contributed by atoms with Crippen LogP contribution in [0.3, 0.4) is 0 Å². The summed E-state index contributed by atoms with van der Waals surface area (Å²) in [7, 11) is 1.68. The van der Waals surface area contributed by atoms with Gasteiger partial charge < -0.3 is 16.2 Å². The van der Waals surface area contributed by atoms with Crippen LogP contribution < -0.4 is 11.1 Å². The topological polar surface area (TPSA) is 92.4 Å². The molecule has 0 saturated heterocycles. The fourth-order valence-electron chi connectivity index (χ4n) is 7.52. The highest BCUT2D eigenvalue weighted by atomic mass is 16.3. The predicted octanol–water partition coefficient (Wildman–Crippen LogP) is 3.76. The van der Waals surface area contributed by atoms with Crippen LogP contribution >= 0.6 is 0 Å². The number of benzene rings is 2. The van der Waals surface area contributed by atoms with Crippen molar-refractivity contribution in [2.45, 2.75) is 63.9 Å². The zero-order valence-corrected chi connectivity index (χ0v) is 20.2. The van der Waals surface area contributed by atoms with Gasteiger partial charge in [0.05, 0.1) is 12.5 Å². The Labute approximate surface area is 202 Å². The summed E-state index contributed by atoms with van der Waals surface area (Å²) in [4.78, 5) is 23.4. The molecule has 6 atom stereocenters. The summed E-state index contributed by atoms with van der Waals surface area (Å²) in [6.45, 7) is 2.31. The second-order valence-electron chi connectivity index (χ2n) is 11.1. The van der Waals surface area contributed by atoms with Crippen molar-refractivity contribution in [3.05, 3.63) is 70.3 Å². The Morgan fingerprint density at radius 1 is 1.15 bits per heavy atom. The Morgan fingerprint density at radius 3 is 2.74 bits per heavy atom. The van der Waals surface area contributed by atoms with Gasteiger partial charge in [-0.2, -0.15) is 0 Å². The van der Waals surface area contributed by atoms with Gasteiger partial charge in [0, 0.05) is 12.6 Å². The molecule has 2 aromatic carbocycles. The van der Waals surface area contributed by atoms with Gasteiger partial charge >= 0.3 is 0 Å². The monoisotopic (exact) mass is 460 g/mol. The van der Waals surface area contributed by atoms with E-state index in [1.807, 2.05) is 18.2 Å². The van der Waals surface area contributed by atoms with Crippen LogP contribution in [-0.2, 0) is 24.1 Å². The second kappa shape index (κ2) is 8.84. The molecule has 3 aliphatic carbocycles. The number of aryl methyl sites for hydroxylation is 1. The van der Waals surface area contributed by atoms with Gasteiger partial charge in [-0.05, 0) is 102 Å². The van der Waals surface area contributed by atoms with Crippen molar-refractivity contribution in [1.29, 1.82) is 0 Å². The van der Waals surface area contributed by atoms with Crippen molar-refractivity contribution in [2.24, 2.45) is 28.9 Å². The molecule has 5 nitrogen and oxygen atoms in total. The van der Waals surface area contributed by atoms with Crippen LogP contribution in [0.4, 0.5) is 0 Å². The Balaban J connectivity index is 1.36. The largest absolute Gasteiger partial charge is 0.392 e. The minimum atomic E-state index is -0.406. The molecule has 0 bridgehead atoms. The van der Waals surface area contributed by atoms with E-state index in [0.29, 0.717) is 29.7 Å². The third-order valence-corrected chi connectivity index (χ3v) is 9.26. The number of aliphatic hydroxyl groups excluding tert-OH is 1. The number of rotatable bonds is 5. The maximum Gasteiger partial charge on any atom is 0.248 e. The Bertz CT molecular complexity index is 1110. The molecule has 0 spiro atoms. The summed E-state index contributed by atoms with van der Waals surface area (Å²) in [6, 6.07) is 14.2. The number of likely N-dealkylation sites (N-methyl/N-ethyl adjacent to an activating group) is 1. The second-order valence-corrected chi connectivity index (χ2v) is 11.1. The average molecular weight is 461 g/mol. The van der Waals surface area contributed by atoms with E-state index in [9.17, 15) is 14.7 Å². The van der Waals surface area contributed by atoms with Crippen molar-refractivity contribution < 1.29 is 14.7 Å². The van der Waals surface area contributed by atoms with Crippen LogP contribution in [0.5, 0.6) is 0 Å². The lowest BCUT2D eigenvalue weighted by molar-refractivity contribution is -0.119. The van der Waals surface area contributed by atoms with Gasteiger partial charge in [0.1, 0.15) is 0 Å². The van der Waals surface area contributed by atoms with Crippen molar-refractivity contribution in [1.82, 2.24) is 5.32 Å². The smallest absolute Gasteiger partial charge is 0.248 e. The van der Waals surface area contributed by atoms with Gasteiger partial charge in [-0.3, -0.25) is 9.59 Å².